The largest absolute Gasteiger partial charge is 0.490 e. The summed E-state index contributed by atoms with van der Waals surface area (Å²) < 4.78 is 11.8. The third-order valence-corrected chi connectivity index (χ3v) is 3.71. The van der Waals surface area contributed by atoms with Crippen LogP contribution in [0.3, 0.4) is 0 Å². The number of ether oxygens (including phenoxy) is 2. The molecule has 0 spiro atoms. The van der Waals surface area contributed by atoms with E-state index in [2.05, 4.69) is 13.8 Å². The second kappa shape index (κ2) is 8.42. The molecule has 0 saturated heterocycles. The van der Waals surface area contributed by atoms with Gasteiger partial charge in [-0.05, 0) is 31.0 Å². The summed E-state index contributed by atoms with van der Waals surface area (Å²) in [4.78, 5) is 11.4. The van der Waals surface area contributed by atoms with E-state index >= 15 is 0 Å². The quantitative estimate of drug-likeness (QED) is 0.669. The van der Waals surface area contributed by atoms with E-state index in [9.17, 15) is 9.90 Å². The van der Waals surface area contributed by atoms with Crippen molar-refractivity contribution in [3.05, 3.63) is 35.9 Å². The van der Waals surface area contributed by atoms with Crippen molar-refractivity contribution in [1.82, 2.24) is 0 Å². The summed E-state index contributed by atoms with van der Waals surface area (Å²) in [6, 6.07) is 8.85. The van der Waals surface area contributed by atoms with Crippen molar-refractivity contribution < 1.29 is 19.4 Å². The molecule has 124 valence electrons. The van der Waals surface area contributed by atoms with Gasteiger partial charge in [-0.25, -0.2) is 4.79 Å². The van der Waals surface area contributed by atoms with Gasteiger partial charge in [-0.3, -0.25) is 0 Å². The highest BCUT2D eigenvalue weighted by Gasteiger charge is 2.15. The molecule has 2 rings (SSSR count). The molecule has 4 heteroatoms. The molecule has 0 bridgehead atoms. The van der Waals surface area contributed by atoms with Crippen LogP contribution in [-0.4, -0.2) is 24.3 Å². The minimum atomic E-state index is -0.935. The molecule has 0 amide bonds. The third-order valence-electron chi connectivity index (χ3n) is 3.71. The Morgan fingerprint density at radius 1 is 0.957 bits per heavy atom. The standard InChI is InChI=1S/C19H24O4/c1-3-5-12-22-17-11-10-14-15(18(17)23-13-6-4-2)8-7-9-16(14)19(20)21/h7-11H,3-6,12-13H2,1-2H3,(H,20,21). The topological polar surface area (TPSA) is 55.8 Å². The van der Waals surface area contributed by atoms with Gasteiger partial charge in [0.05, 0.1) is 18.8 Å². The predicted octanol–water partition coefficient (Wildman–Crippen LogP) is 4.90. The second-order valence-corrected chi connectivity index (χ2v) is 5.50. The van der Waals surface area contributed by atoms with Crippen LogP contribution in [0, 0.1) is 0 Å². The minimum Gasteiger partial charge on any atom is -0.490 e. The Bertz CT molecular complexity index is 664. The molecule has 0 atom stereocenters. The number of hydrogen-bond acceptors (Lipinski definition) is 3. The number of unbranched alkanes of at least 4 members (excludes halogenated alkanes) is 2. The van der Waals surface area contributed by atoms with Crippen molar-refractivity contribution in [2.45, 2.75) is 39.5 Å². The SMILES string of the molecule is CCCCOc1ccc2c(C(=O)O)cccc2c1OCCCC. The average Bonchev–Trinajstić information content (AvgIpc) is 2.55. The fourth-order valence-corrected chi connectivity index (χ4v) is 2.40. The van der Waals surface area contributed by atoms with E-state index in [0.29, 0.717) is 30.1 Å². The Balaban J connectivity index is 2.44. The summed E-state index contributed by atoms with van der Waals surface area (Å²) in [5.74, 6) is 0.398. The maximum absolute atomic E-state index is 11.4. The van der Waals surface area contributed by atoms with E-state index in [1.165, 1.54) is 0 Å². The first-order valence-corrected chi connectivity index (χ1v) is 8.23. The van der Waals surface area contributed by atoms with Gasteiger partial charge in [0.15, 0.2) is 11.5 Å². The molecular formula is C19H24O4. The molecule has 0 unspecified atom stereocenters. The van der Waals surface area contributed by atoms with E-state index in [4.69, 9.17) is 9.47 Å². The van der Waals surface area contributed by atoms with Crippen LogP contribution in [0.2, 0.25) is 0 Å². The third kappa shape index (κ3) is 4.15. The summed E-state index contributed by atoms with van der Waals surface area (Å²) >= 11 is 0. The van der Waals surface area contributed by atoms with Gasteiger partial charge in [0, 0.05) is 10.8 Å². The van der Waals surface area contributed by atoms with Gasteiger partial charge in [-0.2, -0.15) is 0 Å². The van der Waals surface area contributed by atoms with Gasteiger partial charge < -0.3 is 14.6 Å². The lowest BCUT2D eigenvalue weighted by molar-refractivity contribution is 0.0699. The smallest absolute Gasteiger partial charge is 0.336 e. The minimum absolute atomic E-state index is 0.281. The molecular weight excluding hydrogens is 292 g/mol. The van der Waals surface area contributed by atoms with Crippen molar-refractivity contribution >= 4 is 16.7 Å². The van der Waals surface area contributed by atoms with Crippen LogP contribution in [0.5, 0.6) is 11.5 Å². The predicted molar refractivity (Wildman–Crippen MR) is 91.7 cm³/mol. The molecule has 23 heavy (non-hydrogen) atoms. The van der Waals surface area contributed by atoms with Gasteiger partial charge >= 0.3 is 5.97 Å². The molecule has 0 aromatic heterocycles. The summed E-state index contributed by atoms with van der Waals surface area (Å²) in [7, 11) is 0. The van der Waals surface area contributed by atoms with Gasteiger partial charge in [0.2, 0.25) is 0 Å². The van der Waals surface area contributed by atoms with E-state index in [0.717, 1.165) is 31.1 Å². The van der Waals surface area contributed by atoms with Gasteiger partial charge in [-0.1, -0.05) is 38.8 Å². The van der Waals surface area contributed by atoms with Crippen LogP contribution >= 0.6 is 0 Å². The zero-order valence-electron chi connectivity index (χ0n) is 13.8. The monoisotopic (exact) mass is 316 g/mol. The molecule has 2 aromatic rings. The molecule has 0 saturated carbocycles. The summed E-state index contributed by atoms with van der Waals surface area (Å²) in [5.41, 5.74) is 0.281. The Morgan fingerprint density at radius 2 is 1.65 bits per heavy atom. The van der Waals surface area contributed by atoms with Gasteiger partial charge in [0.25, 0.3) is 0 Å². The molecule has 0 fully saturated rings. The van der Waals surface area contributed by atoms with Crippen LogP contribution in [0.25, 0.3) is 10.8 Å². The van der Waals surface area contributed by atoms with Crippen LogP contribution in [0.1, 0.15) is 49.9 Å². The molecule has 0 radical (unpaired) electrons. The number of rotatable bonds is 9. The highest BCUT2D eigenvalue weighted by Crippen LogP contribution is 2.37. The maximum atomic E-state index is 11.4. The first-order chi connectivity index (χ1) is 11.2. The Morgan fingerprint density at radius 3 is 2.30 bits per heavy atom. The lowest BCUT2D eigenvalue weighted by atomic mass is 10.0. The van der Waals surface area contributed by atoms with Crippen LogP contribution in [0.4, 0.5) is 0 Å². The molecule has 1 N–H and O–H groups in total. The summed E-state index contributed by atoms with van der Waals surface area (Å²) in [6.45, 7) is 5.44. The van der Waals surface area contributed by atoms with Crippen LogP contribution < -0.4 is 9.47 Å². The number of carboxylic acid groups (broad SMARTS) is 1. The highest BCUT2D eigenvalue weighted by atomic mass is 16.5. The van der Waals surface area contributed by atoms with Gasteiger partial charge in [0.1, 0.15) is 0 Å². The van der Waals surface area contributed by atoms with Crippen molar-refractivity contribution in [2.24, 2.45) is 0 Å². The number of fused-ring (bicyclic) bond motifs is 1. The number of carbonyl (C=O) groups is 1. The fraction of sp³-hybridized carbons (Fsp3) is 0.421. The lowest BCUT2D eigenvalue weighted by Crippen LogP contribution is -2.04. The molecule has 4 nitrogen and oxygen atoms in total. The van der Waals surface area contributed by atoms with Crippen LogP contribution in [0.15, 0.2) is 30.3 Å². The van der Waals surface area contributed by atoms with Crippen molar-refractivity contribution in [3.8, 4) is 11.5 Å². The lowest BCUT2D eigenvalue weighted by Gasteiger charge is -2.16. The average molecular weight is 316 g/mol. The first-order valence-electron chi connectivity index (χ1n) is 8.23. The number of benzene rings is 2. The van der Waals surface area contributed by atoms with Crippen molar-refractivity contribution in [1.29, 1.82) is 0 Å². The first kappa shape index (κ1) is 17.1. The maximum Gasteiger partial charge on any atom is 0.336 e. The fourth-order valence-electron chi connectivity index (χ4n) is 2.40. The van der Waals surface area contributed by atoms with Crippen LogP contribution in [-0.2, 0) is 0 Å². The molecule has 0 aliphatic rings. The number of hydrogen-bond donors (Lipinski definition) is 1. The number of carboxylic acids is 1. The van der Waals surface area contributed by atoms with E-state index in [-0.39, 0.29) is 5.56 Å². The van der Waals surface area contributed by atoms with Gasteiger partial charge in [-0.15, -0.1) is 0 Å². The zero-order chi connectivity index (χ0) is 16.7. The normalized spacial score (nSPS) is 10.7. The van der Waals surface area contributed by atoms with E-state index in [1.54, 1.807) is 18.2 Å². The molecule has 0 aliphatic heterocycles. The Hall–Kier alpha value is -2.23. The second-order valence-electron chi connectivity index (χ2n) is 5.50. The molecule has 0 heterocycles. The Kier molecular flexibility index (Phi) is 6.27. The summed E-state index contributed by atoms with van der Waals surface area (Å²) in [5, 5.41) is 10.8. The van der Waals surface area contributed by atoms with Crippen molar-refractivity contribution in [2.75, 3.05) is 13.2 Å². The van der Waals surface area contributed by atoms with Crippen molar-refractivity contribution in [3.63, 3.8) is 0 Å². The Labute approximate surface area is 137 Å². The molecule has 2 aromatic carbocycles. The molecule has 0 aliphatic carbocycles. The zero-order valence-corrected chi connectivity index (χ0v) is 13.8. The summed E-state index contributed by atoms with van der Waals surface area (Å²) in [6.07, 6.45) is 4.02. The number of aromatic carboxylic acids is 1. The highest BCUT2D eigenvalue weighted by molar-refractivity contribution is 6.06. The van der Waals surface area contributed by atoms with E-state index in [1.807, 2.05) is 12.1 Å². The van der Waals surface area contributed by atoms with E-state index < -0.39 is 5.97 Å².